The Labute approximate surface area is 155 Å². The van der Waals surface area contributed by atoms with Crippen molar-refractivity contribution in [2.45, 2.75) is 26.3 Å². The van der Waals surface area contributed by atoms with Gasteiger partial charge in [0.15, 0.2) is 0 Å². The van der Waals surface area contributed by atoms with Gasteiger partial charge in [0.1, 0.15) is 6.33 Å². The molecule has 1 saturated heterocycles. The summed E-state index contributed by atoms with van der Waals surface area (Å²) in [7, 11) is 0. The van der Waals surface area contributed by atoms with Gasteiger partial charge in [-0.15, -0.1) is 0 Å². The minimum atomic E-state index is -0.482. The fourth-order valence-electron chi connectivity index (χ4n) is 3.06. The van der Waals surface area contributed by atoms with Crippen molar-refractivity contribution in [3.05, 3.63) is 40.6 Å². The molecule has 0 aliphatic carbocycles. The van der Waals surface area contributed by atoms with Crippen LogP contribution in [-0.2, 0) is 16.1 Å². The molecule has 144 valence electrons. The Morgan fingerprint density at radius 1 is 1.44 bits per heavy atom. The molecule has 0 radical (unpaired) electrons. The molecule has 3 heterocycles. The number of carbonyl (C=O) groups is 1. The van der Waals surface area contributed by atoms with Gasteiger partial charge < -0.3 is 19.4 Å². The molecule has 3 rings (SSSR count). The van der Waals surface area contributed by atoms with E-state index in [4.69, 9.17) is 9.15 Å². The highest BCUT2D eigenvalue weighted by Gasteiger charge is 2.32. The largest absolute Gasteiger partial charge is 0.472 e. The summed E-state index contributed by atoms with van der Waals surface area (Å²) in [6, 6.07) is 1.76. The molecule has 2 aromatic heterocycles. The van der Waals surface area contributed by atoms with Gasteiger partial charge in [-0.2, -0.15) is 0 Å². The normalized spacial score (nSPS) is 14.8. The van der Waals surface area contributed by atoms with Crippen LogP contribution in [0.15, 0.2) is 29.3 Å². The zero-order valence-electron chi connectivity index (χ0n) is 15.0. The topological polar surface area (TPSA) is 124 Å². The van der Waals surface area contributed by atoms with E-state index in [-0.39, 0.29) is 29.2 Å². The third-order valence-corrected chi connectivity index (χ3v) is 4.44. The number of piperidine rings is 1. The molecule has 27 heavy (non-hydrogen) atoms. The first-order chi connectivity index (χ1) is 13.1. The Morgan fingerprint density at radius 3 is 2.85 bits per heavy atom. The molecule has 10 nitrogen and oxygen atoms in total. The summed E-state index contributed by atoms with van der Waals surface area (Å²) in [5, 5.41) is 14.6. The van der Waals surface area contributed by atoms with E-state index in [0.717, 1.165) is 5.56 Å². The fraction of sp³-hybridized carbons (Fsp3) is 0.471. The average Bonchev–Trinajstić information content (AvgIpc) is 3.20. The van der Waals surface area contributed by atoms with Crippen molar-refractivity contribution in [1.29, 1.82) is 0 Å². The molecular weight excluding hydrogens is 354 g/mol. The van der Waals surface area contributed by atoms with Gasteiger partial charge in [0.05, 0.1) is 30.0 Å². The van der Waals surface area contributed by atoms with Gasteiger partial charge in [-0.25, -0.2) is 9.97 Å². The van der Waals surface area contributed by atoms with Crippen molar-refractivity contribution in [1.82, 2.24) is 9.97 Å². The third kappa shape index (κ3) is 4.33. The van der Waals surface area contributed by atoms with Crippen LogP contribution in [0.1, 0.15) is 25.3 Å². The SMILES string of the molecule is CCOC(=O)C1CCN(c2ncnc(NCc3ccoc3)c2[N+](=O)[O-])CC1. The van der Waals surface area contributed by atoms with E-state index in [1.54, 1.807) is 19.3 Å². The molecule has 0 spiro atoms. The molecule has 0 aromatic carbocycles. The predicted molar refractivity (Wildman–Crippen MR) is 96.3 cm³/mol. The molecule has 1 N–H and O–H groups in total. The van der Waals surface area contributed by atoms with Crippen LogP contribution < -0.4 is 10.2 Å². The van der Waals surface area contributed by atoms with Crippen LogP contribution in [-0.4, -0.2) is 40.6 Å². The monoisotopic (exact) mass is 375 g/mol. The lowest BCUT2D eigenvalue weighted by Crippen LogP contribution is -2.37. The lowest BCUT2D eigenvalue weighted by Gasteiger charge is -2.31. The van der Waals surface area contributed by atoms with Crippen molar-refractivity contribution < 1.29 is 18.9 Å². The lowest BCUT2D eigenvalue weighted by atomic mass is 9.97. The number of nitrogens with one attached hydrogen (secondary N) is 1. The number of anilines is 2. The van der Waals surface area contributed by atoms with Gasteiger partial charge in [0.2, 0.25) is 11.6 Å². The second kappa shape index (κ2) is 8.47. The maximum absolute atomic E-state index is 11.9. The zero-order chi connectivity index (χ0) is 19.2. The number of nitrogens with zero attached hydrogens (tertiary/aromatic N) is 4. The number of nitro groups is 1. The number of ether oxygens (including phenoxy) is 1. The molecule has 0 unspecified atom stereocenters. The smallest absolute Gasteiger partial charge is 0.353 e. The minimum absolute atomic E-state index is 0.152. The summed E-state index contributed by atoms with van der Waals surface area (Å²) in [5.41, 5.74) is 0.676. The zero-order valence-corrected chi connectivity index (χ0v) is 15.0. The van der Waals surface area contributed by atoms with E-state index in [0.29, 0.717) is 39.1 Å². The highest BCUT2D eigenvalue weighted by atomic mass is 16.6. The van der Waals surface area contributed by atoms with E-state index in [1.807, 2.05) is 4.90 Å². The van der Waals surface area contributed by atoms with Gasteiger partial charge in [0.25, 0.3) is 0 Å². The van der Waals surface area contributed by atoms with Gasteiger partial charge in [-0.3, -0.25) is 14.9 Å². The third-order valence-electron chi connectivity index (χ3n) is 4.44. The number of esters is 1. The molecule has 1 aliphatic rings. The van der Waals surface area contributed by atoms with Gasteiger partial charge >= 0.3 is 11.7 Å². The Balaban J connectivity index is 1.74. The van der Waals surface area contributed by atoms with E-state index in [2.05, 4.69) is 15.3 Å². The second-order valence-electron chi connectivity index (χ2n) is 6.15. The molecule has 10 heteroatoms. The average molecular weight is 375 g/mol. The predicted octanol–water partition coefficient (Wildman–Crippen LogP) is 2.37. The number of hydrogen-bond acceptors (Lipinski definition) is 9. The van der Waals surface area contributed by atoms with Crippen molar-refractivity contribution in [2.75, 3.05) is 29.9 Å². The standard InChI is InChI=1S/C17H21N5O5/c1-2-27-17(23)13-3-6-21(7-4-13)16-14(22(24)25)15(19-11-20-16)18-9-12-5-8-26-10-12/h5,8,10-11,13H,2-4,6-7,9H2,1H3,(H,18,19,20). The van der Waals surface area contributed by atoms with Crippen LogP contribution >= 0.6 is 0 Å². The molecule has 0 saturated carbocycles. The quantitative estimate of drug-likeness (QED) is 0.441. The molecule has 0 bridgehead atoms. The van der Waals surface area contributed by atoms with E-state index >= 15 is 0 Å². The Bertz CT molecular complexity index is 787. The first-order valence-corrected chi connectivity index (χ1v) is 8.76. The molecule has 0 amide bonds. The van der Waals surface area contributed by atoms with Crippen LogP contribution in [0.2, 0.25) is 0 Å². The van der Waals surface area contributed by atoms with Crippen LogP contribution in [0.25, 0.3) is 0 Å². The highest BCUT2D eigenvalue weighted by Crippen LogP contribution is 2.34. The van der Waals surface area contributed by atoms with Crippen LogP contribution in [0.5, 0.6) is 0 Å². The van der Waals surface area contributed by atoms with Gasteiger partial charge in [-0.05, 0) is 25.8 Å². The molecule has 1 fully saturated rings. The van der Waals surface area contributed by atoms with Crippen LogP contribution in [0, 0.1) is 16.0 Å². The highest BCUT2D eigenvalue weighted by molar-refractivity contribution is 5.74. The number of rotatable bonds is 7. The number of hydrogen-bond donors (Lipinski definition) is 1. The Morgan fingerprint density at radius 2 is 2.22 bits per heavy atom. The Kier molecular flexibility index (Phi) is 5.84. The number of aromatic nitrogens is 2. The van der Waals surface area contributed by atoms with Crippen molar-refractivity contribution in [3.63, 3.8) is 0 Å². The summed E-state index contributed by atoms with van der Waals surface area (Å²) in [6.07, 6.45) is 5.53. The Hall–Kier alpha value is -3.17. The van der Waals surface area contributed by atoms with E-state index in [1.165, 1.54) is 12.6 Å². The molecule has 1 aliphatic heterocycles. The van der Waals surface area contributed by atoms with E-state index in [9.17, 15) is 14.9 Å². The summed E-state index contributed by atoms with van der Waals surface area (Å²) in [4.78, 5) is 33.0. The lowest BCUT2D eigenvalue weighted by molar-refractivity contribution is -0.383. The summed E-state index contributed by atoms with van der Waals surface area (Å²) in [6.45, 7) is 3.45. The molecule has 2 aromatic rings. The van der Waals surface area contributed by atoms with Gasteiger partial charge in [-0.1, -0.05) is 0 Å². The van der Waals surface area contributed by atoms with Crippen LogP contribution in [0.4, 0.5) is 17.3 Å². The van der Waals surface area contributed by atoms with E-state index < -0.39 is 4.92 Å². The summed E-state index contributed by atoms with van der Waals surface area (Å²) < 4.78 is 10.1. The fourth-order valence-corrected chi connectivity index (χ4v) is 3.06. The first-order valence-electron chi connectivity index (χ1n) is 8.76. The first kappa shape index (κ1) is 18.6. The maximum atomic E-state index is 11.9. The minimum Gasteiger partial charge on any atom is -0.472 e. The molecule has 0 atom stereocenters. The van der Waals surface area contributed by atoms with Crippen molar-refractivity contribution in [2.24, 2.45) is 5.92 Å². The van der Waals surface area contributed by atoms with Crippen molar-refractivity contribution in [3.8, 4) is 0 Å². The number of furan rings is 1. The second-order valence-corrected chi connectivity index (χ2v) is 6.15. The van der Waals surface area contributed by atoms with Crippen molar-refractivity contribution >= 4 is 23.3 Å². The molecular formula is C17H21N5O5. The summed E-state index contributed by atoms with van der Waals surface area (Å²) >= 11 is 0. The number of carbonyl (C=O) groups excluding carboxylic acids is 1. The van der Waals surface area contributed by atoms with Crippen LogP contribution in [0.3, 0.4) is 0 Å². The summed E-state index contributed by atoms with van der Waals surface area (Å²) in [5.74, 6) is 0.0169. The maximum Gasteiger partial charge on any atom is 0.353 e. The van der Waals surface area contributed by atoms with Gasteiger partial charge in [0, 0.05) is 25.2 Å².